The second kappa shape index (κ2) is 5.54. The summed E-state index contributed by atoms with van der Waals surface area (Å²) in [5.41, 5.74) is 1.44. The van der Waals surface area contributed by atoms with E-state index >= 15 is 0 Å². The lowest BCUT2D eigenvalue weighted by molar-refractivity contribution is 0.00415. The van der Waals surface area contributed by atoms with Crippen molar-refractivity contribution in [1.82, 2.24) is 10.2 Å². The zero-order valence-electron chi connectivity index (χ0n) is 13.4. The summed E-state index contributed by atoms with van der Waals surface area (Å²) < 4.78 is 19.1. The lowest BCUT2D eigenvalue weighted by Gasteiger charge is -2.41. The van der Waals surface area contributed by atoms with Crippen LogP contribution in [0, 0.1) is 5.82 Å². The molecule has 1 amide bonds. The van der Waals surface area contributed by atoms with Crippen molar-refractivity contribution in [2.45, 2.75) is 51.3 Å². The summed E-state index contributed by atoms with van der Waals surface area (Å²) in [6.45, 7) is 6.89. The molecule has 1 aromatic carbocycles. The second-order valence-corrected chi connectivity index (χ2v) is 7.15. The van der Waals surface area contributed by atoms with Gasteiger partial charge in [0.05, 0.1) is 0 Å². The summed E-state index contributed by atoms with van der Waals surface area (Å²) >= 11 is 0. The number of benzene rings is 1. The number of hydrogen-bond acceptors (Lipinski definition) is 3. The van der Waals surface area contributed by atoms with Gasteiger partial charge in [0.2, 0.25) is 0 Å². The van der Waals surface area contributed by atoms with Crippen molar-refractivity contribution in [3.8, 4) is 0 Å². The summed E-state index contributed by atoms with van der Waals surface area (Å²) in [7, 11) is 0. The molecule has 2 aliphatic rings. The number of fused-ring (bicyclic) bond motifs is 1. The molecule has 1 N–H and O–H groups in total. The van der Waals surface area contributed by atoms with Gasteiger partial charge in [0.1, 0.15) is 11.4 Å². The molecule has 22 heavy (non-hydrogen) atoms. The predicted molar refractivity (Wildman–Crippen MR) is 82.2 cm³/mol. The average Bonchev–Trinajstić information content (AvgIpc) is 2.75. The normalized spacial score (nSPS) is 21.5. The summed E-state index contributed by atoms with van der Waals surface area (Å²) in [5.74, 6) is -0.106. The third kappa shape index (κ3) is 3.09. The SMILES string of the molecule is CC(C)(C)OC(=O)N1CC(NC2CCc3c(F)cccc32)C1. The summed E-state index contributed by atoms with van der Waals surface area (Å²) in [6, 6.07) is 5.73. The molecular weight excluding hydrogens is 283 g/mol. The number of rotatable bonds is 2. The molecule has 0 spiro atoms. The van der Waals surface area contributed by atoms with Crippen molar-refractivity contribution in [3.63, 3.8) is 0 Å². The Balaban J connectivity index is 1.52. The maximum absolute atomic E-state index is 13.7. The number of carbonyl (C=O) groups excluding carboxylic acids is 1. The fraction of sp³-hybridized carbons (Fsp3) is 0.588. The van der Waals surface area contributed by atoms with E-state index in [9.17, 15) is 9.18 Å². The molecule has 0 saturated carbocycles. The minimum atomic E-state index is -0.461. The molecule has 0 bridgehead atoms. The monoisotopic (exact) mass is 306 g/mol. The Bertz CT molecular complexity index is 577. The molecule has 0 radical (unpaired) electrons. The van der Waals surface area contributed by atoms with E-state index < -0.39 is 5.60 Å². The van der Waals surface area contributed by atoms with Crippen LogP contribution in [0.1, 0.15) is 44.4 Å². The van der Waals surface area contributed by atoms with Gasteiger partial charge in [0.15, 0.2) is 0 Å². The zero-order valence-corrected chi connectivity index (χ0v) is 13.4. The maximum Gasteiger partial charge on any atom is 0.410 e. The molecule has 5 heteroatoms. The highest BCUT2D eigenvalue weighted by molar-refractivity contribution is 5.69. The minimum absolute atomic E-state index is 0.106. The smallest absolute Gasteiger partial charge is 0.410 e. The van der Waals surface area contributed by atoms with Gasteiger partial charge in [-0.2, -0.15) is 0 Å². The number of hydrogen-bond donors (Lipinski definition) is 1. The Morgan fingerprint density at radius 2 is 2.09 bits per heavy atom. The Hall–Kier alpha value is -1.62. The third-order valence-corrected chi connectivity index (χ3v) is 4.18. The van der Waals surface area contributed by atoms with Crippen LogP contribution in [0.4, 0.5) is 9.18 Å². The Kier molecular flexibility index (Phi) is 3.85. The van der Waals surface area contributed by atoms with E-state index in [1.54, 1.807) is 11.0 Å². The molecule has 4 nitrogen and oxygen atoms in total. The molecule has 1 saturated heterocycles. The van der Waals surface area contributed by atoms with Gasteiger partial charge in [-0.25, -0.2) is 9.18 Å². The zero-order chi connectivity index (χ0) is 15.9. The lowest BCUT2D eigenvalue weighted by Crippen LogP contribution is -2.60. The molecule has 1 aromatic rings. The van der Waals surface area contributed by atoms with Gasteiger partial charge in [0, 0.05) is 25.2 Å². The molecule has 1 aliphatic carbocycles. The van der Waals surface area contributed by atoms with Gasteiger partial charge in [-0.05, 0) is 50.8 Å². The average molecular weight is 306 g/mol. The summed E-state index contributed by atoms with van der Waals surface area (Å²) in [4.78, 5) is 13.6. The minimum Gasteiger partial charge on any atom is -0.444 e. The van der Waals surface area contributed by atoms with E-state index in [1.165, 1.54) is 6.07 Å². The highest BCUT2D eigenvalue weighted by atomic mass is 19.1. The van der Waals surface area contributed by atoms with Crippen molar-refractivity contribution >= 4 is 6.09 Å². The second-order valence-electron chi connectivity index (χ2n) is 7.15. The van der Waals surface area contributed by atoms with Crippen molar-refractivity contribution in [1.29, 1.82) is 0 Å². The van der Waals surface area contributed by atoms with Crippen LogP contribution in [-0.2, 0) is 11.2 Å². The van der Waals surface area contributed by atoms with Gasteiger partial charge >= 0.3 is 6.09 Å². The number of halogens is 1. The topological polar surface area (TPSA) is 41.6 Å². The molecule has 1 atom stereocenters. The first-order chi connectivity index (χ1) is 10.3. The number of likely N-dealkylation sites (tertiary alicyclic amines) is 1. The van der Waals surface area contributed by atoms with Crippen molar-refractivity contribution in [3.05, 3.63) is 35.1 Å². The fourth-order valence-corrected chi connectivity index (χ4v) is 3.13. The molecule has 120 valence electrons. The number of amides is 1. The molecular formula is C17H23FN2O2. The quantitative estimate of drug-likeness (QED) is 0.913. The van der Waals surface area contributed by atoms with Gasteiger partial charge in [-0.15, -0.1) is 0 Å². The van der Waals surface area contributed by atoms with Crippen LogP contribution in [0.2, 0.25) is 0 Å². The third-order valence-electron chi connectivity index (χ3n) is 4.18. The number of nitrogens with one attached hydrogen (secondary N) is 1. The first-order valence-electron chi connectivity index (χ1n) is 7.85. The van der Waals surface area contributed by atoms with Crippen LogP contribution in [-0.4, -0.2) is 35.7 Å². The predicted octanol–water partition coefficient (Wildman–Crippen LogP) is 3.02. The van der Waals surface area contributed by atoms with Gasteiger partial charge in [-0.3, -0.25) is 0 Å². The summed E-state index contributed by atoms with van der Waals surface area (Å²) in [6.07, 6.45) is 1.44. The highest BCUT2D eigenvalue weighted by Crippen LogP contribution is 2.33. The lowest BCUT2D eigenvalue weighted by atomic mass is 10.0. The molecule has 1 heterocycles. The van der Waals surface area contributed by atoms with E-state index in [4.69, 9.17) is 4.74 Å². The van der Waals surface area contributed by atoms with Crippen LogP contribution in [0.5, 0.6) is 0 Å². The van der Waals surface area contributed by atoms with Crippen LogP contribution in [0.3, 0.4) is 0 Å². The van der Waals surface area contributed by atoms with E-state index in [2.05, 4.69) is 5.32 Å². The summed E-state index contributed by atoms with van der Waals surface area (Å²) in [5, 5.41) is 3.53. The Morgan fingerprint density at radius 1 is 1.36 bits per heavy atom. The van der Waals surface area contributed by atoms with E-state index in [1.807, 2.05) is 26.8 Å². The molecule has 0 aromatic heterocycles. The molecule has 1 aliphatic heterocycles. The van der Waals surface area contributed by atoms with Gasteiger partial charge in [0.25, 0.3) is 0 Å². The number of carbonyl (C=O) groups is 1. The molecule has 3 rings (SSSR count). The standard InChI is InChI=1S/C17H23FN2O2/c1-17(2,3)22-16(21)20-9-11(10-20)19-15-8-7-12-13(15)5-4-6-14(12)18/h4-6,11,15,19H,7-10H2,1-3H3. The van der Waals surface area contributed by atoms with E-state index in [-0.39, 0.29) is 24.0 Å². The Labute approximate surface area is 130 Å². The van der Waals surface area contributed by atoms with Crippen LogP contribution >= 0.6 is 0 Å². The van der Waals surface area contributed by atoms with E-state index in [0.717, 1.165) is 24.0 Å². The molecule has 1 fully saturated rings. The fourth-order valence-electron chi connectivity index (χ4n) is 3.13. The number of nitrogens with zero attached hydrogens (tertiary/aromatic N) is 1. The number of ether oxygens (including phenoxy) is 1. The van der Waals surface area contributed by atoms with Crippen molar-refractivity contribution in [2.75, 3.05) is 13.1 Å². The van der Waals surface area contributed by atoms with Gasteiger partial charge in [-0.1, -0.05) is 12.1 Å². The van der Waals surface area contributed by atoms with E-state index in [0.29, 0.717) is 13.1 Å². The maximum atomic E-state index is 13.7. The molecule has 1 unspecified atom stereocenters. The highest BCUT2D eigenvalue weighted by Gasteiger charge is 2.36. The first-order valence-corrected chi connectivity index (χ1v) is 7.85. The Morgan fingerprint density at radius 3 is 2.77 bits per heavy atom. The van der Waals surface area contributed by atoms with Crippen LogP contribution in [0.15, 0.2) is 18.2 Å². The first kappa shape index (κ1) is 15.3. The van der Waals surface area contributed by atoms with Crippen molar-refractivity contribution in [2.24, 2.45) is 0 Å². The largest absolute Gasteiger partial charge is 0.444 e. The van der Waals surface area contributed by atoms with Crippen LogP contribution < -0.4 is 5.32 Å². The van der Waals surface area contributed by atoms with Gasteiger partial charge < -0.3 is 15.0 Å². The van der Waals surface area contributed by atoms with Crippen LogP contribution in [0.25, 0.3) is 0 Å². The van der Waals surface area contributed by atoms with Crippen molar-refractivity contribution < 1.29 is 13.9 Å².